The molecule has 4 N–H and O–H groups in total. The Morgan fingerprint density at radius 3 is 2.45 bits per heavy atom. The summed E-state index contributed by atoms with van der Waals surface area (Å²) in [4.78, 5) is 22.6. The van der Waals surface area contributed by atoms with Crippen molar-refractivity contribution in [3.05, 3.63) is 70.9 Å². The van der Waals surface area contributed by atoms with E-state index in [0.717, 1.165) is 5.56 Å². The second-order valence-electron chi connectivity index (χ2n) is 4.43. The molecule has 0 heterocycles. The number of halogens is 1. The molecule has 0 atom stereocenters. The van der Waals surface area contributed by atoms with Crippen LogP contribution in [0.5, 0.6) is 0 Å². The predicted octanol–water partition coefficient (Wildman–Crippen LogP) is 3.23. The number of hydrogen-bond acceptors (Lipinski definition) is 2. The van der Waals surface area contributed by atoms with E-state index in [-0.39, 0.29) is 0 Å². The number of primary amides is 1. The van der Waals surface area contributed by atoms with Gasteiger partial charge in [-0.05, 0) is 48.0 Å². The first-order valence-corrected chi connectivity index (χ1v) is 6.82. The third kappa shape index (κ3) is 4.64. The zero-order chi connectivity index (χ0) is 15.9. The van der Waals surface area contributed by atoms with Crippen LogP contribution in [-0.2, 0) is 0 Å². The maximum absolute atomic E-state index is 11.7. The molecule has 0 saturated heterocycles. The van der Waals surface area contributed by atoms with E-state index in [1.165, 1.54) is 6.20 Å². The summed E-state index contributed by atoms with van der Waals surface area (Å²) in [7, 11) is 0. The Morgan fingerprint density at radius 2 is 1.82 bits per heavy atom. The number of benzene rings is 2. The van der Waals surface area contributed by atoms with Gasteiger partial charge in [-0.25, -0.2) is 4.79 Å². The molecule has 0 saturated carbocycles. The Morgan fingerprint density at radius 1 is 1.09 bits per heavy atom. The second kappa shape index (κ2) is 7.28. The lowest BCUT2D eigenvalue weighted by atomic mass is 10.2. The van der Waals surface area contributed by atoms with Crippen molar-refractivity contribution in [1.82, 2.24) is 5.32 Å². The second-order valence-corrected chi connectivity index (χ2v) is 4.86. The van der Waals surface area contributed by atoms with Crippen molar-refractivity contribution < 1.29 is 9.59 Å². The standard InChI is InChI=1S/C16H14ClN3O2/c17-13-3-1-2-11(10-13)8-9-19-16(22)20-14-6-4-12(5-7-14)15(18)21/h1-10H,(H2,18,21)(H2,19,20,22)/b9-8+. The summed E-state index contributed by atoms with van der Waals surface area (Å²) >= 11 is 5.86. The van der Waals surface area contributed by atoms with Gasteiger partial charge in [0, 0.05) is 22.5 Å². The molecule has 0 aromatic heterocycles. The van der Waals surface area contributed by atoms with Crippen molar-refractivity contribution in [2.45, 2.75) is 0 Å². The van der Waals surface area contributed by atoms with Crippen LogP contribution in [0, 0.1) is 0 Å². The Balaban J connectivity index is 1.89. The van der Waals surface area contributed by atoms with Crippen LogP contribution in [0.4, 0.5) is 10.5 Å². The molecule has 0 aliphatic heterocycles. The molecule has 0 bridgehead atoms. The summed E-state index contributed by atoms with van der Waals surface area (Å²) in [6.45, 7) is 0. The van der Waals surface area contributed by atoms with Crippen LogP contribution in [0.15, 0.2) is 54.7 Å². The van der Waals surface area contributed by atoms with Crippen molar-refractivity contribution in [2.24, 2.45) is 5.73 Å². The number of amides is 3. The predicted molar refractivity (Wildman–Crippen MR) is 87.6 cm³/mol. The Kier molecular flexibility index (Phi) is 5.16. The Hall–Kier alpha value is -2.79. The third-order valence-electron chi connectivity index (χ3n) is 2.77. The highest BCUT2D eigenvalue weighted by molar-refractivity contribution is 6.30. The fourth-order valence-corrected chi connectivity index (χ4v) is 1.91. The molecule has 0 aliphatic rings. The third-order valence-corrected chi connectivity index (χ3v) is 3.00. The molecule has 2 rings (SSSR count). The van der Waals surface area contributed by atoms with E-state index in [0.29, 0.717) is 16.3 Å². The van der Waals surface area contributed by atoms with Crippen LogP contribution in [0.25, 0.3) is 6.08 Å². The van der Waals surface area contributed by atoms with E-state index in [1.54, 1.807) is 42.5 Å². The van der Waals surface area contributed by atoms with Crippen molar-refractivity contribution >= 4 is 35.3 Å². The Bertz CT molecular complexity index is 712. The maximum atomic E-state index is 11.7. The van der Waals surface area contributed by atoms with Gasteiger partial charge in [0.25, 0.3) is 0 Å². The lowest BCUT2D eigenvalue weighted by Gasteiger charge is -2.05. The van der Waals surface area contributed by atoms with Gasteiger partial charge >= 0.3 is 6.03 Å². The summed E-state index contributed by atoms with van der Waals surface area (Å²) in [6.07, 6.45) is 3.24. The van der Waals surface area contributed by atoms with Gasteiger partial charge in [0.2, 0.25) is 5.91 Å². The average Bonchev–Trinajstić information content (AvgIpc) is 2.48. The number of urea groups is 1. The summed E-state index contributed by atoms with van der Waals surface area (Å²) < 4.78 is 0. The molecule has 0 aliphatic carbocycles. The number of anilines is 1. The van der Waals surface area contributed by atoms with Gasteiger partial charge in [0.1, 0.15) is 0 Å². The number of carbonyl (C=O) groups is 2. The summed E-state index contributed by atoms with van der Waals surface area (Å²) in [5.74, 6) is -0.513. The van der Waals surface area contributed by atoms with Gasteiger partial charge in [-0.3, -0.25) is 4.79 Å². The molecule has 2 aromatic rings. The zero-order valence-electron chi connectivity index (χ0n) is 11.5. The monoisotopic (exact) mass is 315 g/mol. The summed E-state index contributed by atoms with van der Waals surface area (Å²) in [6, 6.07) is 13.1. The quantitative estimate of drug-likeness (QED) is 0.809. The molecule has 22 heavy (non-hydrogen) atoms. The number of nitrogens with two attached hydrogens (primary N) is 1. The van der Waals surface area contributed by atoms with Crippen LogP contribution in [0.1, 0.15) is 15.9 Å². The van der Waals surface area contributed by atoms with Crippen molar-refractivity contribution in [2.75, 3.05) is 5.32 Å². The van der Waals surface area contributed by atoms with Gasteiger partial charge in [0.15, 0.2) is 0 Å². The van der Waals surface area contributed by atoms with Crippen LogP contribution in [0.2, 0.25) is 5.02 Å². The normalized spacial score (nSPS) is 10.4. The Labute approximate surface area is 132 Å². The smallest absolute Gasteiger partial charge is 0.323 e. The minimum Gasteiger partial charge on any atom is -0.366 e. The van der Waals surface area contributed by atoms with E-state index in [2.05, 4.69) is 10.6 Å². The van der Waals surface area contributed by atoms with Gasteiger partial charge in [0.05, 0.1) is 0 Å². The fourth-order valence-electron chi connectivity index (χ4n) is 1.71. The van der Waals surface area contributed by atoms with Crippen LogP contribution >= 0.6 is 11.6 Å². The average molecular weight is 316 g/mol. The summed E-state index contributed by atoms with van der Waals surface area (Å²) in [5, 5.41) is 5.82. The molecular formula is C16H14ClN3O2. The number of rotatable bonds is 4. The number of carbonyl (C=O) groups excluding carboxylic acids is 2. The van der Waals surface area contributed by atoms with Crippen LogP contribution in [0.3, 0.4) is 0 Å². The topological polar surface area (TPSA) is 84.2 Å². The molecule has 3 amide bonds. The lowest BCUT2D eigenvalue weighted by Crippen LogP contribution is -2.23. The highest BCUT2D eigenvalue weighted by Crippen LogP contribution is 2.11. The van der Waals surface area contributed by atoms with E-state index < -0.39 is 11.9 Å². The largest absolute Gasteiger partial charge is 0.366 e. The first-order chi connectivity index (χ1) is 10.5. The van der Waals surface area contributed by atoms with Crippen LogP contribution in [-0.4, -0.2) is 11.9 Å². The highest BCUT2D eigenvalue weighted by Gasteiger charge is 2.02. The van der Waals surface area contributed by atoms with E-state index in [9.17, 15) is 9.59 Å². The molecule has 6 heteroatoms. The molecule has 0 radical (unpaired) electrons. The lowest BCUT2D eigenvalue weighted by molar-refractivity contribution is 0.100. The van der Waals surface area contributed by atoms with E-state index in [4.69, 9.17) is 17.3 Å². The van der Waals surface area contributed by atoms with Crippen molar-refractivity contribution in [1.29, 1.82) is 0 Å². The maximum Gasteiger partial charge on any atom is 0.323 e. The summed E-state index contributed by atoms with van der Waals surface area (Å²) in [5.41, 5.74) is 6.95. The molecule has 0 fully saturated rings. The first kappa shape index (κ1) is 15.6. The highest BCUT2D eigenvalue weighted by atomic mass is 35.5. The van der Waals surface area contributed by atoms with Gasteiger partial charge in [-0.15, -0.1) is 0 Å². The van der Waals surface area contributed by atoms with Crippen LogP contribution < -0.4 is 16.4 Å². The molecule has 0 spiro atoms. The SMILES string of the molecule is NC(=O)c1ccc(NC(=O)N/C=C/c2cccc(Cl)c2)cc1. The van der Waals surface area contributed by atoms with Gasteiger partial charge in [-0.1, -0.05) is 23.7 Å². The van der Waals surface area contributed by atoms with Crippen molar-refractivity contribution in [3.8, 4) is 0 Å². The minimum atomic E-state index is -0.513. The first-order valence-electron chi connectivity index (χ1n) is 6.44. The number of nitrogens with one attached hydrogen (secondary N) is 2. The molecule has 112 valence electrons. The fraction of sp³-hybridized carbons (Fsp3) is 0. The number of hydrogen-bond donors (Lipinski definition) is 3. The zero-order valence-corrected chi connectivity index (χ0v) is 12.3. The molecule has 2 aromatic carbocycles. The molecular weight excluding hydrogens is 302 g/mol. The van der Waals surface area contributed by atoms with Gasteiger partial charge in [-0.2, -0.15) is 0 Å². The van der Waals surface area contributed by atoms with Gasteiger partial charge < -0.3 is 16.4 Å². The van der Waals surface area contributed by atoms with E-state index >= 15 is 0 Å². The molecule has 5 nitrogen and oxygen atoms in total. The van der Waals surface area contributed by atoms with Crippen molar-refractivity contribution in [3.63, 3.8) is 0 Å². The minimum absolute atomic E-state index is 0.381. The van der Waals surface area contributed by atoms with E-state index in [1.807, 2.05) is 12.1 Å². The molecule has 0 unspecified atom stereocenters.